The molecule has 0 radical (unpaired) electrons. The van der Waals surface area contributed by atoms with Crippen LogP contribution in [0.1, 0.15) is 23.3 Å². The molecule has 2 aromatic rings. The van der Waals surface area contributed by atoms with Crippen molar-refractivity contribution in [3.8, 4) is 10.7 Å². The number of carbonyl (C=O) groups is 1. The fraction of sp³-hybridized carbons (Fsp3) is 0.385. The molecule has 22 heavy (non-hydrogen) atoms. The quantitative estimate of drug-likeness (QED) is 0.872. The Morgan fingerprint density at radius 1 is 1.27 bits per heavy atom. The lowest BCUT2D eigenvalue weighted by atomic mass is 10.1. The van der Waals surface area contributed by atoms with E-state index in [4.69, 9.17) is 0 Å². The van der Waals surface area contributed by atoms with Gasteiger partial charge in [-0.15, -0.1) is 36.2 Å². The minimum Gasteiger partial charge on any atom is -0.348 e. The van der Waals surface area contributed by atoms with E-state index in [9.17, 15) is 4.79 Å². The Labute approximate surface area is 145 Å². The van der Waals surface area contributed by atoms with Crippen molar-refractivity contribution in [1.29, 1.82) is 0 Å². The summed E-state index contributed by atoms with van der Waals surface area (Å²) in [5, 5.41) is 8.78. The first-order chi connectivity index (χ1) is 9.83. The van der Waals surface area contributed by atoms with Gasteiger partial charge in [-0.2, -0.15) is 0 Å². The van der Waals surface area contributed by atoms with Crippen LogP contribution in [0.15, 0.2) is 24.0 Å². The summed E-state index contributed by atoms with van der Waals surface area (Å²) >= 11 is 1.41. The van der Waals surface area contributed by atoms with Crippen molar-refractivity contribution in [2.75, 3.05) is 13.1 Å². The van der Waals surface area contributed by atoms with Gasteiger partial charge in [-0.3, -0.25) is 14.8 Å². The van der Waals surface area contributed by atoms with Crippen LogP contribution in [0, 0.1) is 0 Å². The van der Waals surface area contributed by atoms with Crippen LogP contribution in [0.3, 0.4) is 0 Å². The summed E-state index contributed by atoms with van der Waals surface area (Å²) in [4.78, 5) is 24.7. The van der Waals surface area contributed by atoms with Crippen molar-refractivity contribution >= 4 is 42.1 Å². The lowest BCUT2D eigenvalue weighted by Gasteiger charge is -2.23. The van der Waals surface area contributed by atoms with Gasteiger partial charge in [-0.1, -0.05) is 0 Å². The summed E-state index contributed by atoms with van der Waals surface area (Å²) in [5.74, 6) is -0.108. The molecule has 2 N–H and O–H groups in total. The average molecular weight is 362 g/mol. The zero-order chi connectivity index (χ0) is 13.8. The number of halogens is 2. The van der Waals surface area contributed by atoms with Gasteiger partial charge in [0, 0.05) is 23.8 Å². The molecule has 0 aromatic carbocycles. The molecule has 2 aromatic heterocycles. The average Bonchev–Trinajstić information content (AvgIpc) is 2.99. The molecular weight excluding hydrogens is 345 g/mol. The van der Waals surface area contributed by atoms with Crippen LogP contribution >= 0.6 is 36.2 Å². The van der Waals surface area contributed by atoms with Crippen LogP contribution in [-0.4, -0.2) is 40.0 Å². The third-order valence-corrected chi connectivity index (χ3v) is 4.06. The highest BCUT2D eigenvalue weighted by Crippen LogP contribution is 2.20. The van der Waals surface area contributed by atoms with Crippen LogP contribution in [0.2, 0.25) is 0 Å². The number of nitrogens with zero attached hydrogens (tertiary/aromatic N) is 3. The minimum atomic E-state index is -0.108. The third kappa shape index (κ3) is 4.61. The van der Waals surface area contributed by atoms with Crippen molar-refractivity contribution in [2.24, 2.45) is 0 Å². The summed E-state index contributed by atoms with van der Waals surface area (Å²) < 4.78 is 0. The number of thiazole rings is 1. The second-order valence-corrected chi connectivity index (χ2v) is 5.48. The van der Waals surface area contributed by atoms with E-state index in [0.717, 1.165) is 25.9 Å². The number of hydrogen-bond acceptors (Lipinski definition) is 6. The summed E-state index contributed by atoms with van der Waals surface area (Å²) in [6, 6.07) is 0.241. The minimum absolute atomic E-state index is 0. The highest BCUT2D eigenvalue weighted by molar-refractivity contribution is 7.13. The number of carbonyl (C=O) groups excluding carboxylic acids is 1. The monoisotopic (exact) mass is 361 g/mol. The SMILES string of the molecule is Cl.Cl.O=C(NC1CCNCC1)c1csc(-c2cnccn2)n1. The van der Waals surface area contributed by atoms with E-state index < -0.39 is 0 Å². The zero-order valence-corrected chi connectivity index (χ0v) is 14.1. The zero-order valence-electron chi connectivity index (χ0n) is 11.7. The van der Waals surface area contributed by atoms with Crippen LogP contribution in [0.25, 0.3) is 10.7 Å². The lowest BCUT2D eigenvalue weighted by molar-refractivity contribution is 0.0925. The van der Waals surface area contributed by atoms with Gasteiger partial charge in [0.25, 0.3) is 5.91 Å². The fourth-order valence-electron chi connectivity index (χ4n) is 2.13. The van der Waals surface area contributed by atoms with Gasteiger partial charge in [-0.05, 0) is 25.9 Å². The normalized spacial score (nSPS) is 14.5. The predicted molar refractivity (Wildman–Crippen MR) is 91.0 cm³/mol. The van der Waals surface area contributed by atoms with Gasteiger partial charge in [0.05, 0.1) is 6.20 Å². The first kappa shape index (κ1) is 18.8. The number of hydrogen-bond donors (Lipinski definition) is 2. The van der Waals surface area contributed by atoms with Gasteiger partial charge in [0.15, 0.2) is 0 Å². The first-order valence-electron chi connectivity index (χ1n) is 6.56. The molecule has 1 fully saturated rings. The van der Waals surface area contributed by atoms with Crippen LogP contribution < -0.4 is 10.6 Å². The summed E-state index contributed by atoms with van der Waals surface area (Å²) in [7, 11) is 0. The molecule has 9 heteroatoms. The molecule has 0 saturated carbocycles. The highest BCUT2D eigenvalue weighted by atomic mass is 35.5. The van der Waals surface area contributed by atoms with E-state index in [0.29, 0.717) is 16.4 Å². The van der Waals surface area contributed by atoms with Gasteiger partial charge in [0.2, 0.25) is 0 Å². The number of amides is 1. The molecule has 1 aliphatic heterocycles. The highest BCUT2D eigenvalue weighted by Gasteiger charge is 2.18. The molecule has 1 amide bonds. The molecule has 120 valence electrons. The molecule has 3 rings (SSSR count). The van der Waals surface area contributed by atoms with Crippen LogP contribution in [-0.2, 0) is 0 Å². The van der Waals surface area contributed by atoms with Crippen molar-refractivity contribution in [3.63, 3.8) is 0 Å². The largest absolute Gasteiger partial charge is 0.348 e. The molecule has 0 bridgehead atoms. The number of aromatic nitrogens is 3. The Bertz CT molecular complexity index is 589. The van der Waals surface area contributed by atoms with Crippen molar-refractivity contribution < 1.29 is 4.79 Å². The second kappa shape index (κ2) is 8.99. The molecule has 0 aliphatic carbocycles. The van der Waals surface area contributed by atoms with E-state index in [-0.39, 0.29) is 36.8 Å². The molecular formula is C13H17Cl2N5OS. The number of piperidine rings is 1. The van der Waals surface area contributed by atoms with Gasteiger partial charge >= 0.3 is 0 Å². The summed E-state index contributed by atoms with van der Waals surface area (Å²) in [6.07, 6.45) is 6.81. The Kier molecular flexibility index (Phi) is 7.67. The maximum absolute atomic E-state index is 12.1. The van der Waals surface area contributed by atoms with E-state index in [1.807, 2.05) is 0 Å². The fourth-order valence-corrected chi connectivity index (χ4v) is 2.89. The van der Waals surface area contributed by atoms with Gasteiger partial charge in [0.1, 0.15) is 16.4 Å². The lowest BCUT2D eigenvalue weighted by Crippen LogP contribution is -2.42. The Morgan fingerprint density at radius 3 is 2.73 bits per heavy atom. The molecule has 1 saturated heterocycles. The molecule has 3 heterocycles. The first-order valence-corrected chi connectivity index (χ1v) is 7.44. The van der Waals surface area contributed by atoms with Crippen molar-refractivity contribution in [1.82, 2.24) is 25.6 Å². The third-order valence-electron chi connectivity index (χ3n) is 3.19. The van der Waals surface area contributed by atoms with E-state index in [1.165, 1.54) is 11.3 Å². The van der Waals surface area contributed by atoms with Gasteiger partial charge in [-0.25, -0.2) is 4.98 Å². The smallest absolute Gasteiger partial charge is 0.270 e. The maximum Gasteiger partial charge on any atom is 0.270 e. The van der Waals surface area contributed by atoms with E-state index in [2.05, 4.69) is 25.6 Å². The predicted octanol–water partition coefficient (Wildman–Crippen LogP) is 1.93. The molecule has 0 unspecified atom stereocenters. The Hall–Kier alpha value is -1.28. The van der Waals surface area contributed by atoms with Crippen molar-refractivity contribution in [3.05, 3.63) is 29.7 Å². The van der Waals surface area contributed by atoms with Crippen molar-refractivity contribution in [2.45, 2.75) is 18.9 Å². The Morgan fingerprint density at radius 2 is 2.05 bits per heavy atom. The second-order valence-electron chi connectivity index (χ2n) is 4.63. The molecule has 0 spiro atoms. The molecule has 0 atom stereocenters. The van der Waals surface area contributed by atoms with E-state index >= 15 is 0 Å². The Balaban J connectivity index is 0.00000121. The van der Waals surface area contributed by atoms with Crippen LogP contribution in [0.4, 0.5) is 0 Å². The number of nitrogens with one attached hydrogen (secondary N) is 2. The van der Waals surface area contributed by atoms with E-state index in [1.54, 1.807) is 24.0 Å². The van der Waals surface area contributed by atoms with Crippen LogP contribution in [0.5, 0.6) is 0 Å². The maximum atomic E-state index is 12.1. The number of rotatable bonds is 3. The molecule has 1 aliphatic rings. The van der Waals surface area contributed by atoms with Gasteiger partial charge < -0.3 is 10.6 Å². The molecule has 6 nitrogen and oxygen atoms in total. The summed E-state index contributed by atoms with van der Waals surface area (Å²) in [6.45, 7) is 1.90. The standard InChI is InChI=1S/C13H15N5OS.2ClH/c19-12(17-9-1-3-14-4-2-9)11-8-20-13(18-11)10-7-15-5-6-16-10;;/h5-9,14H,1-4H2,(H,17,19);2*1H. The topological polar surface area (TPSA) is 79.8 Å². The summed E-state index contributed by atoms with van der Waals surface area (Å²) in [5.41, 5.74) is 1.15.